The summed E-state index contributed by atoms with van der Waals surface area (Å²) in [5.41, 5.74) is 0.579. The largest absolute Gasteiger partial charge is 0.496 e. The SMILES string of the molecule is COc1ccc(NCCN2CCNCC2)c([N+](=O)[O-])c1. The molecular formula is C13H20N4O3. The van der Waals surface area contributed by atoms with Gasteiger partial charge in [0.2, 0.25) is 0 Å². The summed E-state index contributed by atoms with van der Waals surface area (Å²) in [5.74, 6) is 0.490. The molecule has 7 heteroatoms. The highest BCUT2D eigenvalue weighted by Gasteiger charge is 2.15. The molecule has 0 radical (unpaired) electrons. The minimum Gasteiger partial charge on any atom is -0.496 e. The van der Waals surface area contributed by atoms with Gasteiger partial charge < -0.3 is 15.4 Å². The van der Waals surface area contributed by atoms with E-state index in [1.807, 2.05) is 0 Å². The van der Waals surface area contributed by atoms with E-state index in [1.165, 1.54) is 13.2 Å². The first-order chi connectivity index (χ1) is 9.70. The number of ether oxygens (including phenoxy) is 1. The molecule has 20 heavy (non-hydrogen) atoms. The Morgan fingerprint density at radius 2 is 2.20 bits per heavy atom. The topological polar surface area (TPSA) is 79.7 Å². The van der Waals surface area contributed by atoms with Gasteiger partial charge in [-0.2, -0.15) is 0 Å². The zero-order valence-corrected chi connectivity index (χ0v) is 11.6. The maximum Gasteiger partial charge on any atom is 0.296 e. The lowest BCUT2D eigenvalue weighted by Crippen LogP contribution is -2.45. The number of nitro groups is 1. The average Bonchev–Trinajstić information content (AvgIpc) is 2.48. The van der Waals surface area contributed by atoms with E-state index in [2.05, 4.69) is 15.5 Å². The van der Waals surface area contributed by atoms with Gasteiger partial charge in [0.25, 0.3) is 5.69 Å². The Balaban J connectivity index is 1.92. The predicted molar refractivity (Wildman–Crippen MR) is 77.4 cm³/mol. The summed E-state index contributed by atoms with van der Waals surface area (Å²) < 4.78 is 5.01. The standard InChI is InChI=1S/C13H20N4O3/c1-20-11-2-3-12(13(10-11)17(18)19)15-6-9-16-7-4-14-5-8-16/h2-3,10,14-15H,4-9H2,1H3. The first-order valence-electron chi connectivity index (χ1n) is 6.70. The normalized spacial score (nSPS) is 15.8. The van der Waals surface area contributed by atoms with Crippen molar-refractivity contribution >= 4 is 11.4 Å². The molecule has 2 rings (SSSR count). The molecule has 7 nitrogen and oxygen atoms in total. The van der Waals surface area contributed by atoms with E-state index in [0.717, 1.165) is 32.7 Å². The summed E-state index contributed by atoms with van der Waals surface area (Å²) in [7, 11) is 1.50. The first kappa shape index (κ1) is 14.5. The molecule has 1 aliphatic rings. The zero-order valence-electron chi connectivity index (χ0n) is 11.6. The number of hydrogen-bond acceptors (Lipinski definition) is 6. The fourth-order valence-corrected chi connectivity index (χ4v) is 2.22. The van der Waals surface area contributed by atoms with Crippen LogP contribution in [0.15, 0.2) is 18.2 Å². The van der Waals surface area contributed by atoms with Crippen LogP contribution < -0.4 is 15.4 Å². The molecule has 0 saturated carbocycles. The maximum atomic E-state index is 11.0. The van der Waals surface area contributed by atoms with Gasteiger partial charge >= 0.3 is 0 Å². The molecule has 0 atom stereocenters. The number of hydrogen-bond donors (Lipinski definition) is 2. The minimum atomic E-state index is -0.393. The Morgan fingerprint density at radius 3 is 2.85 bits per heavy atom. The van der Waals surface area contributed by atoms with Gasteiger partial charge in [-0.3, -0.25) is 15.0 Å². The highest BCUT2D eigenvalue weighted by Crippen LogP contribution is 2.28. The second-order valence-electron chi connectivity index (χ2n) is 4.66. The van der Waals surface area contributed by atoms with Gasteiger partial charge in [0, 0.05) is 39.3 Å². The predicted octanol–water partition coefficient (Wildman–Crippen LogP) is 0.920. The van der Waals surface area contributed by atoms with Gasteiger partial charge in [-0.05, 0) is 12.1 Å². The van der Waals surface area contributed by atoms with Gasteiger partial charge in [0.05, 0.1) is 18.1 Å². The second kappa shape index (κ2) is 7.06. The van der Waals surface area contributed by atoms with Crippen molar-refractivity contribution in [1.82, 2.24) is 10.2 Å². The smallest absolute Gasteiger partial charge is 0.296 e. The van der Waals surface area contributed by atoms with Crippen LogP contribution in [0.1, 0.15) is 0 Å². The molecule has 0 bridgehead atoms. The summed E-state index contributed by atoms with van der Waals surface area (Å²) in [5, 5.41) is 17.5. The van der Waals surface area contributed by atoms with Crippen LogP contribution >= 0.6 is 0 Å². The van der Waals surface area contributed by atoms with E-state index in [9.17, 15) is 10.1 Å². The molecule has 0 aliphatic carbocycles. The number of piperazine rings is 1. The van der Waals surface area contributed by atoms with E-state index in [1.54, 1.807) is 12.1 Å². The lowest BCUT2D eigenvalue weighted by molar-refractivity contribution is -0.384. The quantitative estimate of drug-likeness (QED) is 0.596. The highest BCUT2D eigenvalue weighted by molar-refractivity contribution is 5.63. The minimum absolute atomic E-state index is 0.0460. The Bertz CT molecular complexity index is 461. The number of methoxy groups -OCH3 is 1. The van der Waals surface area contributed by atoms with E-state index in [-0.39, 0.29) is 5.69 Å². The van der Waals surface area contributed by atoms with E-state index < -0.39 is 4.92 Å². The van der Waals surface area contributed by atoms with Gasteiger partial charge in [-0.15, -0.1) is 0 Å². The van der Waals surface area contributed by atoms with E-state index >= 15 is 0 Å². The average molecular weight is 280 g/mol. The van der Waals surface area contributed by atoms with Crippen LogP contribution in [0.4, 0.5) is 11.4 Å². The van der Waals surface area contributed by atoms with Crippen LogP contribution in [-0.4, -0.2) is 56.2 Å². The summed E-state index contributed by atoms with van der Waals surface area (Å²) in [4.78, 5) is 13.0. The third-order valence-corrected chi connectivity index (χ3v) is 3.35. The van der Waals surface area contributed by atoms with Crippen molar-refractivity contribution in [2.24, 2.45) is 0 Å². The summed E-state index contributed by atoms with van der Waals surface area (Å²) in [6.45, 7) is 5.61. The van der Waals surface area contributed by atoms with Crippen LogP contribution in [0.25, 0.3) is 0 Å². The van der Waals surface area contributed by atoms with Gasteiger partial charge in [0.1, 0.15) is 11.4 Å². The van der Waals surface area contributed by atoms with Gasteiger partial charge in [-0.1, -0.05) is 0 Å². The molecule has 1 aliphatic heterocycles. The molecule has 0 amide bonds. The highest BCUT2D eigenvalue weighted by atomic mass is 16.6. The number of benzene rings is 1. The monoisotopic (exact) mass is 280 g/mol. The summed E-state index contributed by atoms with van der Waals surface area (Å²) >= 11 is 0. The number of anilines is 1. The molecule has 0 spiro atoms. The van der Waals surface area contributed by atoms with Crippen molar-refractivity contribution in [2.45, 2.75) is 0 Å². The van der Waals surface area contributed by atoms with Crippen molar-refractivity contribution in [2.75, 3.05) is 51.7 Å². The molecule has 1 aromatic rings. The fraction of sp³-hybridized carbons (Fsp3) is 0.538. The number of nitrogens with one attached hydrogen (secondary N) is 2. The molecule has 0 aromatic heterocycles. The Labute approximate surface area is 118 Å². The van der Waals surface area contributed by atoms with Crippen LogP contribution in [0, 0.1) is 10.1 Å². The molecule has 0 unspecified atom stereocenters. The molecular weight excluding hydrogens is 260 g/mol. The van der Waals surface area contributed by atoms with Crippen LogP contribution in [0.2, 0.25) is 0 Å². The first-order valence-corrected chi connectivity index (χ1v) is 6.70. The third kappa shape index (κ3) is 3.82. The Kier molecular flexibility index (Phi) is 5.14. The van der Waals surface area contributed by atoms with Crippen molar-refractivity contribution in [3.8, 4) is 5.75 Å². The van der Waals surface area contributed by atoms with E-state index in [0.29, 0.717) is 18.0 Å². The molecule has 1 saturated heterocycles. The summed E-state index contributed by atoms with van der Waals surface area (Å²) in [6.07, 6.45) is 0. The number of rotatable bonds is 6. The fourth-order valence-electron chi connectivity index (χ4n) is 2.22. The van der Waals surface area contributed by atoms with Crippen molar-refractivity contribution < 1.29 is 9.66 Å². The van der Waals surface area contributed by atoms with Crippen molar-refractivity contribution in [3.05, 3.63) is 28.3 Å². The second-order valence-corrected chi connectivity index (χ2v) is 4.66. The lowest BCUT2D eigenvalue weighted by atomic mass is 10.2. The van der Waals surface area contributed by atoms with Crippen LogP contribution in [0.3, 0.4) is 0 Å². The summed E-state index contributed by atoms with van der Waals surface area (Å²) in [6, 6.07) is 4.85. The van der Waals surface area contributed by atoms with Crippen molar-refractivity contribution in [3.63, 3.8) is 0 Å². The molecule has 1 heterocycles. The number of nitro benzene ring substituents is 1. The van der Waals surface area contributed by atoms with Crippen LogP contribution in [-0.2, 0) is 0 Å². The third-order valence-electron chi connectivity index (χ3n) is 3.35. The van der Waals surface area contributed by atoms with Gasteiger partial charge in [0.15, 0.2) is 0 Å². The molecule has 2 N–H and O–H groups in total. The molecule has 110 valence electrons. The van der Waals surface area contributed by atoms with Gasteiger partial charge in [-0.25, -0.2) is 0 Å². The zero-order chi connectivity index (χ0) is 14.4. The maximum absolute atomic E-state index is 11.0. The van der Waals surface area contributed by atoms with Crippen LogP contribution in [0.5, 0.6) is 5.75 Å². The number of nitrogens with zero attached hydrogens (tertiary/aromatic N) is 2. The van der Waals surface area contributed by atoms with Crippen molar-refractivity contribution in [1.29, 1.82) is 0 Å². The Morgan fingerprint density at radius 1 is 1.45 bits per heavy atom. The molecule has 1 aromatic carbocycles. The lowest BCUT2D eigenvalue weighted by Gasteiger charge is -2.27. The Hall–Kier alpha value is -1.86. The van der Waals surface area contributed by atoms with E-state index in [4.69, 9.17) is 4.74 Å². The molecule has 1 fully saturated rings.